The number of hydrogen-bond acceptors (Lipinski definition) is 5. The van der Waals surface area contributed by atoms with Crippen molar-refractivity contribution in [3.63, 3.8) is 0 Å². The molecule has 2 aromatic carbocycles. The molecule has 1 amide bonds. The van der Waals surface area contributed by atoms with E-state index >= 15 is 0 Å². The summed E-state index contributed by atoms with van der Waals surface area (Å²) >= 11 is 6.18. The Labute approximate surface area is 184 Å². The van der Waals surface area contributed by atoms with Crippen LogP contribution in [0.15, 0.2) is 64.3 Å². The molecule has 31 heavy (non-hydrogen) atoms. The number of benzene rings is 2. The molecule has 0 saturated heterocycles. The molecule has 0 atom stereocenters. The molecule has 0 aliphatic carbocycles. The third kappa shape index (κ3) is 5.01. The van der Waals surface area contributed by atoms with Crippen molar-refractivity contribution < 1.29 is 13.2 Å². The summed E-state index contributed by atoms with van der Waals surface area (Å²) in [7, 11) is -3.74. The zero-order valence-electron chi connectivity index (χ0n) is 16.9. The largest absolute Gasteiger partial charge is 0.322 e. The number of H-pyrrole nitrogens is 1. The predicted molar refractivity (Wildman–Crippen MR) is 120 cm³/mol. The van der Waals surface area contributed by atoms with Crippen molar-refractivity contribution in [3.05, 3.63) is 75.5 Å². The number of aromatic amines is 1. The molecule has 0 bridgehead atoms. The lowest BCUT2D eigenvalue weighted by molar-refractivity contribution is 0.102. The lowest BCUT2D eigenvalue weighted by Crippen LogP contribution is -2.30. The number of nitrogens with one attached hydrogen (secondary N) is 2. The van der Waals surface area contributed by atoms with E-state index < -0.39 is 15.9 Å². The standard InChI is InChI=1S/C21H21ClN4O4S/c1-3-26(4-2)31(29,30)16-8-9-18(22)17(13-16)21(28)23-15-7-5-6-14(12-15)19-10-11-20(27)25-24-19/h5-13H,3-4H2,1-2H3,(H,23,28)(H,25,27). The van der Waals surface area contributed by atoms with Gasteiger partial charge >= 0.3 is 0 Å². The summed E-state index contributed by atoms with van der Waals surface area (Å²) in [6, 6.07) is 13.8. The van der Waals surface area contributed by atoms with Gasteiger partial charge in [-0.25, -0.2) is 13.5 Å². The van der Waals surface area contributed by atoms with Gasteiger partial charge in [0.25, 0.3) is 11.5 Å². The third-order valence-corrected chi connectivity index (χ3v) is 7.00. The van der Waals surface area contributed by atoms with Gasteiger partial charge in [0.2, 0.25) is 10.0 Å². The second kappa shape index (κ2) is 9.42. The molecule has 0 fully saturated rings. The van der Waals surface area contributed by atoms with Crippen LogP contribution in [0.25, 0.3) is 11.3 Å². The van der Waals surface area contributed by atoms with Crippen molar-refractivity contribution in [1.29, 1.82) is 0 Å². The van der Waals surface area contributed by atoms with E-state index in [0.29, 0.717) is 30.0 Å². The zero-order valence-corrected chi connectivity index (χ0v) is 18.5. The Morgan fingerprint density at radius 3 is 2.48 bits per heavy atom. The number of halogens is 1. The fraction of sp³-hybridized carbons (Fsp3) is 0.190. The fourth-order valence-electron chi connectivity index (χ4n) is 3.01. The van der Waals surface area contributed by atoms with E-state index in [1.807, 2.05) is 0 Å². The van der Waals surface area contributed by atoms with Gasteiger partial charge < -0.3 is 5.32 Å². The first-order valence-corrected chi connectivity index (χ1v) is 11.3. The number of hydrogen-bond donors (Lipinski definition) is 2. The van der Waals surface area contributed by atoms with Gasteiger partial charge in [-0.15, -0.1) is 0 Å². The fourth-order valence-corrected chi connectivity index (χ4v) is 4.70. The first-order valence-electron chi connectivity index (χ1n) is 9.53. The Morgan fingerprint density at radius 1 is 1.10 bits per heavy atom. The van der Waals surface area contributed by atoms with Crippen molar-refractivity contribution in [2.45, 2.75) is 18.7 Å². The number of anilines is 1. The summed E-state index contributed by atoms with van der Waals surface area (Å²) in [6.45, 7) is 4.12. The zero-order chi connectivity index (χ0) is 22.6. The number of carbonyl (C=O) groups is 1. The number of rotatable bonds is 7. The number of amides is 1. The maximum absolute atomic E-state index is 12.8. The summed E-state index contributed by atoms with van der Waals surface area (Å²) in [4.78, 5) is 24.0. The van der Waals surface area contributed by atoms with Crippen molar-refractivity contribution in [3.8, 4) is 11.3 Å². The van der Waals surface area contributed by atoms with Crippen molar-refractivity contribution in [1.82, 2.24) is 14.5 Å². The molecule has 1 aromatic heterocycles. The maximum Gasteiger partial charge on any atom is 0.264 e. The molecule has 0 aliphatic rings. The van der Waals surface area contributed by atoms with Crippen LogP contribution in [0.2, 0.25) is 5.02 Å². The molecule has 162 valence electrons. The monoisotopic (exact) mass is 460 g/mol. The topological polar surface area (TPSA) is 112 Å². The van der Waals surface area contributed by atoms with Gasteiger partial charge in [0.1, 0.15) is 0 Å². The highest BCUT2D eigenvalue weighted by Crippen LogP contribution is 2.25. The maximum atomic E-state index is 12.8. The van der Waals surface area contributed by atoms with Crippen LogP contribution in [0.5, 0.6) is 0 Å². The molecule has 3 aromatic rings. The molecule has 0 radical (unpaired) electrons. The quantitative estimate of drug-likeness (QED) is 0.561. The summed E-state index contributed by atoms with van der Waals surface area (Å²) in [5, 5.41) is 9.19. The molecule has 8 nitrogen and oxygen atoms in total. The van der Waals surface area contributed by atoms with Gasteiger partial charge in [-0.1, -0.05) is 37.6 Å². The summed E-state index contributed by atoms with van der Waals surface area (Å²) < 4.78 is 26.9. The first kappa shape index (κ1) is 22.7. The summed E-state index contributed by atoms with van der Waals surface area (Å²) in [6.07, 6.45) is 0. The lowest BCUT2D eigenvalue weighted by atomic mass is 10.1. The van der Waals surface area contributed by atoms with Crippen LogP contribution in [-0.2, 0) is 10.0 Å². The number of nitrogens with zero attached hydrogens (tertiary/aromatic N) is 2. The van der Waals surface area contributed by atoms with Crippen LogP contribution >= 0.6 is 11.6 Å². The van der Waals surface area contributed by atoms with E-state index in [-0.39, 0.29) is 21.0 Å². The van der Waals surface area contributed by atoms with Crippen molar-refractivity contribution >= 4 is 33.2 Å². The number of sulfonamides is 1. The third-order valence-electron chi connectivity index (χ3n) is 4.62. The van der Waals surface area contributed by atoms with Gasteiger partial charge in [0, 0.05) is 30.4 Å². The minimum absolute atomic E-state index is 0.00283. The Balaban J connectivity index is 1.90. The van der Waals surface area contributed by atoms with E-state index in [0.717, 1.165) is 0 Å². The molecule has 1 heterocycles. The van der Waals surface area contributed by atoms with Gasteiger partial charge in [-0.05, 0) is 36.4 Å². The highest BCUT2D eigenvalue weighted by molar-refractivity contribution is 7.89. The molecule has 10 heteroatoms. The Kier molecular flexibility index (Phi) is 6.89. The average Bonchev–Trinajstić information content (AvgIpc) is 2.75. The smallest absolute Gasteiger partial charge is 0.264 e. The first-order chi connectivity index (χ1) is 14.8. The minimum Gasteiger partial charge on any atom is -0.322 e. The van der Waals surface area contributed by atoms with E-state index in [2.05, 4.69) is 15.5 Å². The number of carbonyl (C=O) groups excluding carboxylic acids is 1. The van der Waals surface area contributed by atoms with Crippen LogP contribution in [-0.4, -0.2) is 41.9 Å². The second-order valence-corrected chi connectivity index (χ2v) is 8.92. The van der Waals surface area contributed by atoms with Crippen LogP contribution < -0.4 is 10.9 Å². The molecule has 0 spiro atoms. The van der Waals surface area contributed by atoms with E-state index in [4.69, 9.17) is 11.6 Å². The van der Waals surface area contributed by atoms with Crippen molar-refractivity contribution in [2.75, 3.05) is 18.4 Å². The predicted octanol–water partition coefficient (Wildman–Crippen LogP) is 3.37. The lowest BCUT2D eigenvalue weighted by Gasteiger charge is -2.19. The SMILES string of the molecule is CCN(CC)S(=O)(=O)c1ccc(Cl)c(C(=O)Nc2cccc(-c3ccc(=O)[nH]n3)c2)c1. The van der Waals surface area contributed by atoms with Crippen LogP contribution in [0.1, 0.15) is 24.2 Å². The molecule has 0 aliphatic heterocycles. The Morgan fingerprint density at radius 2 is 1.84 bits per heavy atom. The highest BCUT2D eigenvalue weighted by Gasteiger charge is 2.24. The molecule has 3 rings (SSSR count). The minimum atomic E-state index is -3.74. The summed E-state index contributed by atoms with van der Waals surface area (Å²) in [5.74, 6) is -0.548. The molecular weight excluding hydrogens is 440 g/mol. The Hall–Kier alpha value is -3.01. The summed E-state index contributed by atoms with van der Waals surface area (Å²) in [5.41, 5.74) is 1.40. The van der Waals surface area contributed by atoms with Crippen molar-refractivity contribution in [2.24, 2.45) is 0 Å². The van der Waals surface area contributed by atoms with E-state index in [1.165, 1.54) is 28.6 Å². The van der Waals surface area contributed by atoms with Gasteiger partial charge in [0.05, 0.1) is 21.2 Å². The van der Waals surface area contributed by atoms with E-state index in [9.17, 15) is 18.0 Å². The van der Waals surface area contributed by atoms with Crippen LogP contribution in [0.4, 0.5) is 5.69 Å². The van der Waals surface area contributed by atoms with Gasteiger partial charge in [-0.3, -0.25) is 9.59 Å². The van der Waals surface area contributed by atoms with Crippen LogP contribution in [0.3, 0.4) is 0 Å². The normalized spacial score (nSPS) is 11.5. The van der Waals surface area contributed by atoms with Gasteiger partial charge in [-0.2, -0.15) is 9.40 Å². The average molecular weight is 461 g/mol. The number of aromatic nitrogens is 2. The van der Waals surface area contributed by atoms with E-state index in [1.54, 1.807) is 44.2 Å². The molecule has 0 unspecified atom stereocenters. The molecule has 2 N–H and O–H groups in total. The van der Waals surface area contributed by atoms with Gasteiger partial charge in [0.15, 0.2) is 0 Å². The second-order valence-electron chi connectivity index (χ2n) is 6.57. The molecular formula is C21H21ClN4O4S. The molecule has 0 saturated carbocycles. The Bertz CT molecular complexity index is 1250. The highest BCUT2D eigenvalue weighted by atomic mass is 35.5. The van der Waals surface area contributed by atoms with Crippen LogP contribution in [0, 0.1) is 0 Å².